The topological polar surface area (TPSA) is 88.8 Å². The lowest BCUT2D eigenvalue weighted by molar-refractivity contribution is -0.137. The third kappa shape index (κ3) is 4.19. The van der Waals surface area contributed by atoms with Gasteiger partial charge >= 0.3 is 12.1 Å². The van der Waals surface area contributed by atoms with E-state index in [2.05, 4.69) is 5.32 Å². The highest BCUT2D eigenvalue weighted by Crippen LogP contribution is 2.37. The fourth-order valence-electron chi connectivity index (χ4n) is 3.27. The standard InChI is InChI=1S/C19H18F3NO5/c20-19(21,22)13-3-1-2-12(10-13)18(6-8-27-9-7-18)11-23-16(24)14-4-5-15(28-14)17(25)26/h1-5,10H,6-9,11H2,(H,23,24)(H,25,26). The predicted molar refractivity (Wildman–Crippen MR) is 91.2 cm³/mol. The Kier molecular flexibility index (Phi) is 5.46. The molecule has 1 aromatic carbocycles. The molecule has 1 aliphatic rings. The van der Waals surface area contributed by atoms with Gasteiger partial charge in [-0.05, 0) is 36.6 Å². The third-order valence-corrected chi connectivity index (χ3v) is 4.88. The van der Waals surface area contributed by atoms with Gasteiger partial charge < -0.3 is 19.6 Å². The molecule has 1 aliphatic heterocycles. The summed E-state index contributed by atoms with van der Waals surface area (Å²) in [5.41, 5.74) is -1.01. The highest BCUT2D eigenvalue weighted by Gasteiger charge is 2.38. The first kappa shape index (κ1) is 19.9. The molecule has 0 atom stereocenters. The summed E-state index contributed by atoms with van der Waals surface area (Å²) in [7, 11) is 0. The molecule has 2 N–H and O–H groups in total. The van der Waals surface area contributed by atoms with Crippen LogP contribution in [0.1, 0.15) is 45.1 Å². The molecule has 1 fully saturated rings. The summed E-state index contributed by atoms with van der Waals surface area (Å²) in [5, 5.41) is 11.5. The number of alkyl halides is 3. The Morgan fingerprint density at radius 3 is 2.39 bits per heavy atom. The summed E-state index contributed by atoms with van der Waals surface area (Å²) in [6, 6.07) is 7.47. The van der Waals surface area contributed by atoms with Crippen LogP contribution in [0.25, 0.3) is 0 Å². The summed E-state index contributed by atoms with van der Waals surface area (Å²) in [4.78, 5) is 23.2. The van der Waals surface area contributed by atoms with E-state index >= 15 is 0 Å². The van der Waals surface area contributed by atoms with Crippen LogP contribution in [0.4, 0.5) is 13.2 Å². The van der Waals surface area contributed by atoms with Crippen LogP contribution < -0.4 is 5.32 Å². The first-order chi connectivity index (χ1) is 13.2. The second-order valence-electron chi connectivity index (χ2n) is 6.62. The smallest absolute Gasteiger partial charge is 0.416 e. The SMILES string of the molecule is O=C(O)c1ccc(C(=O)NCC2(c3cccc(C(F)(F)F)c3)CCOCC2)o1. The number of hydrogen-bond donors (Lipinski definition) is 2. The lowest BCUT2D eigenvalue weighted by Gasteiger charge is -2.38. The summed E-state index contributed by atoms with van der Waals surface area (Å²) in [6.07, 6.45) is -3.59. The Balaban J connectivity index is 1.82. The van der Waals surface area contributed by atoms with Crippen molar-refractivity contribution in [1.82, 2.24) is 5.32 Å². The minimum absolute atomic E-state index is 0.0691. The predicted octanol–water partition coefficient (Wildman–Crippen LogP) is 3.47. The first-order valence-corrected chi connectivity index (χ1v) is 8.58. The molecule has 150 valence electrons. The molecule has 0 saturated carbocycles. The van der Waals surface area contributed by atoms with E-state index in [1.165, 1.54) is 12.1 Å². The number of carbonyl (C=O) groups excluding carboxylic acids is 1. The number of aromatic carboxylic acids is 1. The van der Waals surface area contributed by atoms with Crippen LogP contribution >= 0.6 is 0 Å². The minimum atomic E-state index is -4.47. The van der Waals surface area contributed by atoms with E-state index in [-0.39, 0.29) is 18.1 Å². The van der Waals surface area contributed by atoms with Gasteiger partial charge in [0, 0.05) is 25.2 Å². The monoisotopic (exact) mass is 397 g/mol. The summed E-state index contributed by atoms with van der Waals surface area (Å²) >= 11 is 0. The van der Waals surface area contributed by atoms with Crippen molar-refractivity contribution in [2.24, 2.45) is 0 Å². The van der Waals surface area contributed by atoms with Crippen LogP contribution in [0, 0.1) is 0 Å². The van der Waals surface area contributed by atoms with Gasteiger partial charge in [0.05, 0.1) is 5.56 Å². The lowest BCUT2D eigenvalue weighted by atomic mass is 9.73. The van der Waals surface area contributed by atoms with Gasteiger partial charge in [0.1, 0.15) is 0 Å². The van der Waals surface area contributed by atoms with E-state index in [0.29, 0.717) is 31.6 Å². The number of ether oxygens (including phenoxy) is 1. The molecule has 6 nitrogen and oxygen atoms in total. The number of carboxylic acids is 1. The molecule has 1 saturated heterocycles. The second-order valence-corrected chi connectivity index (χ2v) is 6.62. The van der Waals surface area contributed by atoms with E-state index in [9.17, 15) is 22.8 Å². The maximum atomic E-state index is 13.1. The van der Waals surface area contributed by atoms with Crippen LogP contribution in [0.2, 0.25) is 0 Å². The zero-order valence-corrected chi connectivity index (χ0v) is 14.7. The van der Waals surface area contributed by atoms with Gasteiger partial charge in [-0.3, -0.25) is 4.79 Å². The van der Waals surface area contributed by atoms with E-state index < -0.39 is 29.0 Å². The zero-order valence-electron chi connectivity index (χ0n) is 14.7. The number of benzene rings is 1. The van der Waals surface area contributed by atoms with Crippen molar-refractivity contribution in [3.63, 3.8) is 0 Å². The molecule has 0 radical (unpaired) electrons. The van der Waals surface area contributed by atoms with Gasteiger partial charge in [-0.2, -0.15) is 13.2 Å². The number of furan rings is 1. The van der Waals surface area contributed by atoms with Crippen molar-refractivity contribution in [2.75, 3.05) is 19.8 Å². The van der Waals surface area contributed by atoms with Gasteiger partial charge in [-0.1, -0.05) is 18.2 Å². The quantitative estimate of drug-likeness (QED) is 0.807. The Bertz CT molecular complexity index is 868. The molecule has 0 spiro atoms. The lowest BCUT2D eigenvalue weighted by Crippen LogP contribution is -2.44. The zero-order chi connectivity index (χ0) is 20.4. The average Bonchev–Trinajstić information content (AvgIpc) is 3.17. The molecule has 3 rings (SSSR count). The van der Waals surface area contributed by atoms with E-state index in [0.717, 1.165) is 18.2 Å². The highest BCUT2D eigenvalue weighted by molar-refractivity contribution is 5.93. The molecule has 9 heteroatoms. The number of nitrogens with one attached hydrogen (secondary N) is 1. The maximum absolute atomic E-state index is 13.1. The fraction of sp³-hybridized carbons (Fsp3) is 0.368. The third-order valence-electron chi connectivity index (χ3n) is 4.88. The highest BCUT2D eigenvalue weighted by atomic mass is 19.4. The van der Waals surface area contributed by atoms with Crippen molar-refractivity contribution in [3.8, 4) is 0 Å². The Hall–Kier alpha value is -2.81. The van der Waals surface area contributed by atoms with Crippen LogP contribution in [0.5, 0.6) is 0 Å². The van der Waals surface area contributed by atoms with E-state index in [1.807, 2.05) is 0 Å². The number of amides is 1. The summed E-state index contributed by atoms with van der Waals surface area (Å²) < 4.78 is 49.6. The molecule has 2 heterocycles. The molecule has 2 aromatic rings. The molecule has 0 unspecified atom stereocenters. The fourth-order valence-corrected chi connectivity index (χ4v) is 3.27. The number of carbonyl (C=O) groups is 2. The van der Waals surface area contributed by atoms with Gasteiger partial charge in [-0.25, -0.2) is 4.79 Å². The molecule has 28 heavy (non-hydrogen) atoms. The Labute approximate surface area is 158 Å². The van der Waals surface area contributed by atoms with Crippen LogP contribution in [0.15, 0.2) is 40.8 Å². The molecule has 1 amide bonds. The number of rotatable bonds is 5. The maximum Gasteiger partial charge on any atom is 0.416 e. The number of halogens is 3. The van der Waals surface area contributed by atoms with Crippen molar-refractivity contribution < 1.29 is 37.0 Å². The Morgan fingerprint density at radius 2 is 1.79 bits per heavy atom. The molecule has 0 bridgehead atoms. The van der Waals surface area contributed by atoms with Gasteiger partial charge in [-0.15, -0.1) is 0 Å². The first-order valence-electron chi connectivity index (χ1n) is 8.58. The second kappa shape index (κ2) is 7.67. The molecule has 1 aromatic heterocycles. The van der Waals surface area contributed by atoms with Crippen LogP contribution in [-0.2, 0) is 16.3 Å². The molecular formula is C19H18F3NO5. The van der Waals surface area contributed by atoms with Crippen molar-refractivity contribution in [2.45, 2.75) is 24.4 Å². The van der Waals surface area contributed by atoms with Crippen LogP contribution in [-0.4, -0.2) is 36.7 Å². The largest absolute Gasteiger partial charge is 0.475 e. The van der Waals surface area contributed by atoms with Gasteiger partial charge in [0.25, 0.3) is 5.91 Å². The van der Waals surface area contributed by atoms with Gasteiger partial charge in [0.2, 0.25) is 5.76 Å². The van der Waals surface area contributed by atoms with Crippen molar-refractivity contribution >= 4 is 11.9 Å². The summed E-state index contributed by atoms with van der Waals surface area (Å²) in [6.45, 7) is 0.783. The van der Waals surface area contributed by atoms with Crippen molar-refractivity contribution in [3.05, 3.63) is 59.0 Å². The van der Waals surface area contributed by atoms with E-state index in [1.54, 1.807) is 6.07 Å². The normalized spacial score (nSPS) is 16.5. The minimum Gasteiger partial charge on any atom is -0.475 e. The average molecular weight is 397 g/mol. The van der Waals surface area contributed by atoms with Crippen molar-refractivity contribution in [1.29, 1.82) is 0 Å². The summed E-state index contributed by atoms with van der Waals surface area (Å²) in [5.74, 6) is -2.48. The van der Waals surface area contributed by atoms with E-state index in [4.69, 9.17) is 14.3 Å². The molecular weight excluding hydrogens is 379 g/mol. The van der Waals surface area contributed by atoms with Gasteiger partial charge in [0.15, 0.2) is 5.76 Å². The number of carboxylic acid groups (broad SMARTS) is 1. The Morgan fingerprint density at radius 1 is 1.11 bits per heavy atom. The molecule has 0 aliphatic carbocycles. The number of hydrogen-bond acceptors (Lipinski definition) is 4. The van der Waals surface area contributed by atoms with Crippen LogP contribution in [0.3, 0.4) is 0 Å².